The summed E-state index contributed by atoms with van der Waals surface area (Å²) in [5, 5.41) is 0. The van der Waals surface area contributed by atoms with E-state index in [2.05, 4.69) is 37.8 Å². The van der Waals surface area contributed by atoms with Gasteiger partial charge in [-0.2, -0.15) is 0 Å². The van der Waals surface area contributed by atoms with Gasteiger partial charge in [-0.3, -0.25) is 4.90 Å². The molecule has 19 heavy (non-hydrogen) atoms. The maximum Gasteiger partial charge on any atom is 0.0710 e. The van der Waals surface area contributed by atoms with Gasteiger partial charge in [0.1, 0.15) is 0 Å². The van der Waals surface area contributed by atoms with Crippen molar-refractivity contribution in [3.05, 3.63) is 34.4 Å². The molecule has 2 atom stereocenters. The molecule has 0 saturated carbocycles. The van der Waals surface area contributed by atoms with Crippen molar-refractivity contribution >= 4 is 0 Å². The van der Waals surface area contributed by atoms with Gasteiger partial charge in [-0.05, 0) is 43.9 Å². The van der Waals surface area contributed by atoms with Gasteiger partial charge in [-0.15, -0.1) is 0 Å². The largest absolute Gasteiger partial charge is 0.380 e. The van der Waals surface area contributed by atoms with Gasteiger partial charge in [0.25, 0.3) is 0 Å². The van der Waals surface area contributed by atoms with Gasteiger partial charge in [0.15, 0.2) is 0 Å². The van der Waals surface area contributed by atoms with Crippen LogP contribution in [0.3, 0.4) is 0 Å². The quantitative estimate of drug-likeness (QED) is 0.905. The van der Waals surface area contributed by atoms with E-state index in [0.29, 0.717) is 6.10 Å². The van der Waals surface area contributed by atoms with Gasteiger partial charge in [0.2, 0.25) is 0 Å². The molecule has 3 nitrogen and oxygen atoms in total. The van der Waals surface area contributed by atoms with Crippen molar-refractivity contribution in [2.75, 3.05) is 26.7 Å². The lowest BCUT2D eigenvalue weighted by Gasteiger charge is -2.24. The number of methoxy groups -OCH3 is 1. The molecular weight excluding hydrogens is 236 g/mol. The molecule has 2 rings (SSSR count). The molecule has 1 aromatic carbocycles. The van der Waals surface area contributed by atoms with Crippen LogP contribution in [-0.2, 0) is 4.74 Å². The number of rotatable bonds is 4. The number of likely N-dealkylation sites (tertiary alicyclic amines) is 1. The molecular formula is C16H26N2O. The first kappa shape index (κ1) is 14.5. The van der Waals surface area contributed by atoms with Crippen LogP contribution in [0, 0.1) is 20.8 Å². The normalized spacial score (nSPS) is 21.8. The molecule has 1 aliphatic rings. The maximum absolute atomic E-state index is 6.43. The Hall–Kier alpha value is -0.900. The number of aryl methyl sites for hydroxylation is 3. The maximum atomic E-state index is 6.43. The molecule has 1 heterocycles. The van der Waals surface area contributed by atoms with Gasteiger partial charge < -0.3 is 10.5 Å². The smallest absolute Gasteiger partial charge is 0.0710 e. The molecule has 2 N–H and O–H groups in total. The third-order valence-corrected chi connectivity index (χ3v) is 4.13. The molecule has 2 unspecified atom stereocenters. The average Bonchev–Trinajstić information content (AvgIpc) is 2.75. The van der Waals surface area contributed by atoms with Crippen LogP contribution >= 0.6 is 0 Å². The summed E-state index contributed by atoms with van der Waals surface area (Å²) in [5.41, 5.74) is 11.7. The van der Waals surface area contributed by atoms with E-state index >= 15 is 0 Å². The highest BCUT2D eigenvalue weighted by molar-refractivity contribution is 5.39. The van der Waals surface area contributed by atoms with Crippen molar-refractivity contribution in [2.45, 2.75) is 39.3 Å². The predicted molar refractivity (Wildman–Crippen MR) is 79.4 cm³/mol. The molecule has 1 saturated heterocycles. The number of hydrogen-bond donors (Lipinski definition) is 1. The fourth-order valence-electron chi connectivity index (χ4n) is 3.30. The van der Waals surface area contributed by atoms with Gasteiger partial charge in [0, 0.05) is 32.8 Å². The number of hydrogen-bond acceptors (Lipinski definition) is 3. The predicted octanol–water partition coefficient (Wildman–Crippen LogP) is 2.33. The van der Waals surface area contributed by atoms with Crippen LogP contribution in [0.15, 0.2) is 12.1 Å². The van der Waals surface area contributed by atoms with E-state index in [-0.39, 0.29) is 6.04 Å². The van der Waals surface area contributed by atoms with Crippen molar-refractivity contribution in [1.29, 1.82) is 0 Å². The van der Waals surface area contributed by atoms with Crippen LogP contribution in [0.1, 0.15) is 34.7 Å². The van der Waals surface area contributed by atoms with E-state index in [1.165, 1.54) is 22.3 Å². The van der Waals surface area contributed by atoms with Crippen molar-refractivity contribution < 1.29 is 4.74 Å². The fraction of sp³-hybridized carbons (Fsp3) is 0.625. The third-order valence-electron chi connectivity index (χ3n) is 4.13. The molecule has 0 aliphatic carbocycles. The summed E-state index contributed by atoms with van der Waals surface area (Å²) < 4.78 is 5.41. The number of ether oxygens (including phenoxy) is 1. The van der Waals surface area contributed by atoms with Crippen molar-refractivity contribution in [2.24, 2.45) is 5.73 Å². The van der Waals surface area contributed by atoms with E-state index in [9.17, 15) is 0 Å². The second-order valence-corrected chi connectivity index (χ2v) is 5.82. The van der Waals surface area contributed by atoms with Gasteiger partial charge in [-0.1, -0.05) is 17.7 Å². The van der Waals surface area contributed by atoms with Crippen LogP contribution in [-0.4, -0.2) is 37.7 Å². The highest BCUT2D eigenvalue weighted by Gasteiger charge is 2.24. The zero-order chi connectivity index (χ0) is 14.0. The van der Waals surface area contributed by atoms with E-state index in [0.717, 1.165) is 26.1 Å². The van der Waals surface area contributed by atoms with E-state index < -0.39 is 0 Å². The molecule has 0 radical (unpaired) electrons. The van der Waals surface area contributed by atoms with Crippen molar-refractivity contribution in [1.82, 2.24) is 4.90 Å². The minimum Gasteiger partial charge on any atom is -0.380 e. The molecule has 1 aliphatic heterocycles. The van der Waals surface area contributed by atoms with Gasteiger partial charge in [0.05, 0.1) is 6.10 Å². The first-order valence-corrected chi connectivity index (χ1v) is 7.09. The Bertz CT molecular complexity index is 421. The van der Waals surface area contributed by atoms with E-state index in [1.54, 1.807) is 7.11 Å². The van der Waals surface area contributed by atoms with E-state index in [1.807, 2.05) is 0 Å². The molecule has 0 spiro atoms. The third kappa shape index (κ3) is 3.35. The molecule has 1 fully saturated rings. The second-order valence-electron chi connectivity index (χ2n) is 5.82. The molecule has 0 aromatic heterocycles. The Morgan fingerprint density at radius 2 is 1.95 bits per heavy atom. The fourth-order valence-corrected chi connectivity index (χ4v) is 3.30. The molecule has 3 heteroatoms. The summed E-state index contributed by atoms with van der Waals surface area (Å²) in [5.74, 6) is 0. The zero-order valence-electron chi connectivity index (χ0n) is 12.6. The van der Waals surface area contributed by atoms with Gasteiger partial charge in [-0.25, -0.2) is 0 Å². The Labute approximate surface area is 116 Å². The lowest BCUT2D eigenvalue weighted by Crippen LogP contribution is -2.32. The Kier molecular flexibility index (Phi) is 4.61. The minimum absolute atomic E-state index is 0.0937. The summed E-state index contributed by atoms with van der Waals surface area (Å²) in [4.78, 5) is 2.41. The standard InChI is InChI=1S/C16H26N2O/c1-11-7-12(2)16(13(3)8-11)15(17)10-18-6-5-14(9-18)19-4/h7-8,14-15H,5-6,9-10,17H2,1-4H3. The van der Waals surface area contributed by atoms with Crippen LogP contribution in [0.5, 0.6) is 0 Å². The monoisotopic (exact) mass is 262 g/mol. The summed E-state index contributed by atoms with van der Waals surface area (Å²) in [7, 11) is 1.79. The summed E-state index contributed by atoms with van der Waals surface area (Å²) in [6.45, 7) is 9.49. The SMILES string of the molecule is COC1CCN(CC(N)c2c(C)cc(C)cc2C)C1. The van der Waals surface area contributed by atoms with Crippen molar-refractivity contribution in [3.8, 4) is 0 Å². The lowest BCUT2D eigenvalue weighted by atomic mass is 9.94. The number of benzene rings is 1. The molecule has 106 valence electrons. The van der Waals surface area contributed by atoms with Crippen LogP contribution < -0.4 is 5.73 Å². The zero-order valence-corrected chi connectivity index (χ0v) is 12.6. The number of nitrogens with zero attached hydrogens (tertiary/aromatic N) is 1. The summed E-state index contributed by atoms with van der Waals surface area (Å²) in [6.07, 6.45) is 1.50. The molecule has 0 bridgehead atoms. The highest BCUT2D eigenvalue weighted by Crippen LogP contribution is 2.24. The van der Waals surface area contributed by atoms with Gasteiger partial charge >= 0.3 is 0 Å². The topological polar surface area (TPSA) is 38.5 Å². The summed E-state index contributed by atoms with van der Waals surface area (Å²) in [6, 6.07) is 4.55. The van der Waals surface area contributed by atoms with Crippen molar-refractivity contribution in [3.63, 3.8) is 0 Å². The van der Waals surface area contributed by atoms with E-state index in [4.69, 9.17) is 10.5 Å². The highest BCUT2D eigenvalue weighted by atomic mass is 16.5. The first-order valence-electron chi connectivity index (χ1n) is 7.09. The Morgan fingerprint density at radius 1 is 1.32 bits per heavy atom. The van der Waals surface area contributed by atoms with Crippen LogP contribution in [0.2, 0.25) is 0 Å². The first-order chi connectivity index (χ1) is 9.01. The number of nitrogens with two attached hydrogens (primary N) is 1. The lowest BCUT2D eigenvalue weighted by molar-refractivity contribution is 0.107. The Balaban J connectivity index is 2.06. The molecule has 1 aromatic rings. The second kappa shape index (κ2) is 6.04. The summed E-state index contributed by atoms with van der Waals surface area (Å²) >= 11 is 0. The van der Waals surface area contributed by atoms with Crippen LogP contribution in [0.4, 0.5) is 0 Å². The minimum atomic E-state index is 0.0937. The van der Waals surface area contributed by atoms with Crippen LogP contribution in [0.25, 0.3) is 0 Å². The Morgan fingerprint density at radius 3 is 2.47 bits per heavy atom. The average molecular weight is 262 g/mol. The molecule has 0 amide bonds.